The molecule has 0 aliphatic heterocycles. The van der Waals surface area contributed by atoms with Gasteiger partial charge in [-0.1, -0.05) is 71.7 Å². The Morgan fingerprint density at radius 1 is 1.03 bits per heavy atom. The van der Waals surface area contributed by atoms with E-state index in [0.29, 0.717) is 0 Å². The zero-order valence-corrected chi connectivity index (χ0v) is 18.3. The van der Waals surface area contributed by atoms with Crippen LogP contribution in [0.4, 0.5) is 5.69 Å². The molecule has 0 atom stereocenters. The van der Waals surface area contributed by atoms with E-state index in [4.69, 9.17) is 27.9 Å². The van der Waals surface area contributed by atoms with E-state index in [2.05, 4.69) is 4.72 Å². The number of halogens is 2. The Labute approximate surface area is 189 Å². The average Bonchev–Trinajstić information content (AvgIpc) is 2.74. The zero-order valence-electron chi connectivity index (χ0n) is 16.0. The quantitative estimate of drug-likeness (QED) is 0.446. The van der Waals surface area contributed by atoms with Gasteiger partial charge in [-0.25, -0.2) is 13.2 Å². The van der Waals surface area contributed by atoms with Crippen LogP contribution in [0.1, 0.15) is 15.9 Å². The molecule has 2 N–H and O–H groups in total. The van der Waals surface area contributed by atoms with Crippen LogP contribution in [0.15, 0.2) is 77.7 Å². The number of benzene rings is 3. The van der Waals surface area contributed by atoms with Crippen molar-refractivity contribution in [2.75, 3.05) is 11.3 Å². The lowest BCUT2D eigenvalue weighted by molar-refractivity contribution is 0.0551. The van der Waals surface area contributed by atoms with Crippen LogP contribution in [-0.2, 0) is 14.8 Å². The summed E-state index contributed by atoms with van der Waals surface area (Å²) in [6.45, 7) is -0.000495. The van der Waals surface area contributed by atoms with Gasteiger partial charge < -0.3 is 9.84 Å². The van der Waals surface area contributed by atoms with Crippen LogP contribution < -0.4 is 4.72 Å². The molecule has 3 aromatic rings. The zero-order chi connectivity index (χ0) is 22.4. The van der Waals surface area contributed by atoms with Crippen molar-refractivity contribution in [2.24, 2.45) is 0 Å². The summed E-state index contributed by atoms with van der Waals surface area (Å²) in [6.07, 6.45) is 3.47. The molecule has 0 saturated heterocycles. The second-order valence-corrected chi connectivity index (χ2v) is 8.79. The number of esters is 1. The van der Waals surface area contributed by atoms with Crippen LogP contribution in [0.3, 0.4) is 0 Å². The summed E-state index contributed by atoms with van der Waals surface area (Å²) < 4.78 is 33.0. The Morgan fingerprint density at radius 3 is 2.45 bits per heavy atom. The summed E-state index contributed by atoms with van der Waals surface area (Å²) in [7, 11) is -4.30. The lowest BCUT2D eigenvalue weighted by atomic mass is 10.2. The SMILES string of the molecule is O=C(OC/C=C/c1ccccc1)c1ccccc1NS(=O)(=O)c1cc(Cl)cc(Cl)c1O. The average molecular weight is 478 g/mol. The highest BCUT2D eigenvalue weighted by Crippen LogP contribution is 2.35. The number of hydrogen-bond donors (Lipinski definition) is 2. The maximum atomic E-state index is 12.8. The third-order valence-electron chi connectivity index (χ3n) is 4.09. The largest absolute Gasteiger partial charge is 0.505 e. The van der Waals surface area contributed by atoms with Crippen LogP contribution in [0, 0.1) is 0 Å². The molecule has 31 heavy (non-hydrogen) atoms. The van der Waals surface area contributed by atoms with Crippen LogP contribution >= 0.6 is 23.2 Å². The second-order valence-electron chi connectivity index (χ2n) is 6.30. The minimum absolute atomic E-state index is 0.000495. The molecule has 0 aromatic heterocycles. The molecule has 0 aliphatic rings. The molecule has 0 spiro atoms. The molecule has 0 heterocycles. The normalized spacial score (nSPS) is 11.4. The molecule has 0 unspecified atom stereocenters. The Bertz CT molecular complexity index is 1230. The number of nitrogens with one attached hydrogen (secondary N) is 1. The molecular weight excluding hydrogens is 461 g/mol. The smallest absolute Gasteiger partial charge is 0.340 e. The highest BCUT2D eigenvalue weighted by molar-refractivity contribution is 7.92. The van der Waals surface area contributed by atoms with E-state index in [-0.39, 0.29) is 27.9 Å². The van der Waals surface area contributed by atoms with Crippen LogP contribution in [0.2, 0.25) is 10.0 Å². The molecule has 6 nitrogen and oxygen atoms in total. The van der Waals surface area contributed by atoms with E-state index in [1.807, 2.05) is 30.3 Å². The number of hydrogen-bond acceptors (Lipinski definition) is 5. The van der Waals surface area contributed by atoms with Crippen molar-refractivity contribution in [3.05, 3.63) is 94.0 Å². The highest BCUT2D eigenvalue weighted by atomic mass is 35.5. The van der Waals surface area contributed by atoms with Gasteiger partial charge in [-0.05, 0) is 35.9 Å². The first kappa shape index (κ1) is 22.7. The number of rotatable bonds is 7. The van der Waals surface area contributed by atoms with Crippen LogP contribution in [0.25, 0.3) is 6.08 Å². The molecule has 0 amide bonds. The Kier molecular flexibility index (Phi) is 7.22. The van der Waals surface area contributed by atoms with Crippen molar-refractivity contribution in [2.45, 2.75) is 4.90 Å². The number of ether oxygens (including phenoxy) is 1. The molecule has 9 heteroatoms. The first-order chi connectivity index (χ1) is 14.8. The summed E-state index contributed by atoms with van der Waals surface area (Å²) >= 11 is 11.7. The molecule has 3 aromatic carbocycles. The van der Waals surface area contributed by atoms with Gasteiger partial charge in [0.25, 0.3) is 10.0 Å². The van der Waals surface area contributed by atoms with Crippen molar-refractivity contribution in [1.29, 1.82) is 0 Å². The predicted molar refractivity (Wildman–Crippen MR) is 121 cm³/mol. The number of sulfonamides is 1. The molecule has 160 valence electrons. The lowest BCUT2D eigenvalue weighted by Gasteiger charge is -2.13. The molecular formula is C22H17Cl2NO5S. The maximum absolute atomic E-state index is 12.8. The van der Waals surface area contributed by atoms with Gasteiger partial charge >= 0.3 is 5.97 Å². The van der Waals surface area contributed by atoms with Crippen molar-refractivity contribution in [3.8, 4) is 5.75 Å². The van der Waals surface area contributed by atoms with Gasteiger partial charge in [0, 0.05) is 5.02 Å². The highest BCUT2D eigenvalue weighted by Gasteiger charge is 2.24. The number of carbonyl (C=O) groups is 1. The summed E-state index contributed by atoms with van der Waals surface area (Å²) in [5.41, 5.74) is 0.938. The van der Waals surface area contributed by atoms with E-state index < -0.39 is 26.6 Å². The minimum atomic E-state index is -4.30. The van der Waals surface area contributed by atoms with Gasteiger partial charge in [0.1, 0.15) is 11.5 Å². The number of phenolic OH excluding ortho intramolecular Hbond substituents is 1. The number of anilines is 1. The molecule has 0 radical (unpaired) electrons. The third-order valence-corrected chi connectivity index (χ3v) is 5.98. The summed E-state index contributed by atoms with van der Waals surface area (Å²) in [5.74, 6) is -1.37. The lowest BCUT2D eigenvalue weighted by Crippen LogP contribution is -2.17. The summed E-state index contributed by atoms with van der Waals surface area (Å²) in [4.78, 5) is 12.0. The predicted octanol–water partition coefficient (Wildman–Crippen LogP) is 5.37. The molecule has 0 bridgehead atoms. The van der Waals surface area contributed by atoms with E-state index in [1.165, 1.54) is 18.2 Å². The van der Waals surface area contributed by atoms with Gasteiger partial charge in [0.2, 0.25) is 0 Å². The Morgan fingerprint density at radius 2 is 1.71 bits per heavy atom. The molecule has 0 fully saturated rings. The first-order valence-corrected chi connectivity index (χ1v) is 11.2. The van der Waals surface area contributed by atoms with Gasteiger partial charge in [-0.15, -0.1) is 0 Å². The van der Waals surface area contributed by atoms with Crippen molar-refractivity contribution in [3.63, 3.8) is 0 Å². The number of phenols is 1. The third kappa shape index (κ3) is 5.79. The first-order valence-electron chi connectivity index (χ1n) is 8.96. The summed E-state index contributed by atoms with van der Waals surface area (Å²) in [6, 6.07) is 17.7. The number of carbonyl (C=O) groups excluding carboxylic acids is 1. The number of aromatic hydroxyl groups is 1. The van der Waals surface area contributed by atoms with Crippen molar-refractivity contribution < 1.29 is 23.1 Å². The fraction of sp³-hybridized carbons (Fsp3) is 0.0455. The van der Waals surface area contributed by atoms with E-state index in [1.54, 1.807) is 24.3 Å². The van der Waals surface area contributed by atoms with Crippen LogP contribution in [0.5, 0.6) is 5.75 Å². The van der Waals surface area contributed by atoms with Gasteiger partial charge in [-0.2, -0.15) is 0 Å². The monoisotopic (exact) mass is 477 g/mol. The Balaban J connectivity index is 1.77. The van der Waals surface area contributed by atoms with E-state index >= 15 is 0 Å². The van der Waals surface area contributed by atoms with Crippen molar-refractivity contribution in [1.82, 2.24) is 0 Å². The molecule has 0 saturated carbocycles. The minimum Gasteiger partial charge on any atom is -0.505 e. The second kappa shape index (κ2) is 9.87. The summed E-state index contributed by atoms with van der Waals surface area (Å²) in [5, 5.41) is 9.85. The maximum Gasteiger partial charge on any atom is 0.340 e. The van der Waals surface area contributed by atoms with Crippen molar-refractivity contribution >= 4 is 51.0 Å². The van der Waals surface area contributed by atoms with Gasteiger partial charge in [-0.3, -0.25) is 4.72 Å². The fourth-order valence-electron chi connectivity index (χ4n) is 2.65. The van der Waals surface area contributed by atoms with Gasteiger partial charge in [0.05, 0.1) is 16.3 Å². The van der Waals surface area contributed by atoms with E-state index in [0.717, 1.165) is 11.6 Å². The fourth-order valence-corrected chi connectivity index (χ4v) is 4.49. The molecule has 3 rings (SSSR count). The molecule has 0 aliphatic carbocycles. The topological polar surface area (TPSA) is 92.7 Å². The Hall–Kier alpha value is -3.00. The standard InChI is InChI=1S/C22H17Cl2NO5S/c23-16-13-18(24)21(26)20(14-16)31(28,29)25-19-11-5-4-10-17(19)22(27)30-12-6-9-15-7-2-1-3-8-15/h1-11,13-14,25-26H,12H2/b9-6+. The van der Waals surface area contributed by atoms with E-state index in [9.17, 15) is 18.3 Å². The van der Waals surface area contributed by atoms with Gasteiger partial charge in [0.15, 0.2) is 5.75 Å². The van der Waals surface area contributed by atoms with Crippen LogP contribution in [-0.4, -0.2) is 26.1 Å². The number of para-hydroxylation sites is 1.